The minimum Gasteiger partial charge on any atom is -0.507 e. The van der Waals surface area contributed by atoms with Crippen molar-refractivity contribution in [2.75, 3.05) is 7.11 Å². The van der Waals surface area contributed by atoms with Gasteiger partial charge in [-0.15, -0.1) is 10.2 Å². The highest BCUT2D eigenvalue weighted by Gasteiger charge is 2.22. The second-order valence-corrected chi connectivity index (χ2v) is 5.38. The van der Waals surface area contributed by atoms with Gasteiger partial charge in [-0.3, -0.25) is 0 Å². The first-order valence-electron chi connectivity index (χ1n) is 7.65. The lowest BCUT2D eigenvalue weighted by molar-refractivity contribution is 0.0276. The topological polar surface area (TPSA) is 94.7 Å². The number of hydrogen-bond donors (Lipinski definition) is 1. The molecule has 3 aromatic rings. The Bertz CT molecular complexity index is 924. The Labute approximate surface area is 148 Å². The Morgan fingerprint density at radius 1 is 1.19 bits per heavy atom. The highest BCUT2D eigenvalue weighted by atomic mass is 19.1. The average molecular weight is 358 g/mol. The van der Waals surface area contributed by atoms with E-state index in [0.29, 0.717) is 11.3 Å². The Morgan fingerprint density at radius 3 is 2.58 bits per heavy atom. The molecule has 0 unspecified atom stereocenters. The minimum absolute atomic E-state index is 0.0177. The molecule has 134 valence electrons. The van der Waals surface area contributed by atoms with Gasteiger partial charge in [0.05, 0.1) is 7.11 Å². The lowest BCUT2D eigenvalue weighted by Gasteiger charge is -2.11. The molecule has 0 saturated carbocycles. The van der Waals surface area contributed by atoms with Crippen LogP contribution in [0.1, 0.15) is 29.3 Å². The molecule has 1 atom stereocenters. The molecule has 0 amide bonds. The molecule has 0 aliphatic rings. The van der Waals surface area contributed by atoms with Crippen molar-refractivity contribution in [3.05, 3.63) is 59.7 Å². The number of phenolic OH excluding ortho intramolecular Hbond substituents is 1. The third kappa shape index (κ3) is 3.64. The lowest BCUT2D eigenvalue weighted by Crippen LogP contribution is -2.10. The molecule has 0 aliphatic carbocycles. The molecule has 1 aromatic heterocycles. The van der Waals surface area contributed by atoms with Crippen LogP contribution < -0.4 is 4.74 Å². The van der Waals surface area contributed by atoms with E-state index in [1.807, 2.05) is 0 Å². The van der Waals surface area contributed by atoms with Gasteiger partial charge in [0.1, 0.15) is 22.9 Å². The van der Waals surface area contributed by atoms with Crippen molar-refractivity contribution in [2.24, 2.45) is 0 Å². The average Bonchev–Trinajstić information content (AvgIpc) is 3.12. The van der Waals surface area contributed by atoms with Gasteiger partial charge in [0.2, 0.25) is 5.89 Å². The first-order chi connectivity index (χ1) is 12.5. The number of carbonyl (C=O) groups excluding carboxylic acids is 1. The van der Waals surface area contributed by atoms with Gasteiger partial charge >= 0.3 is 5.97 Å². The van der Waals surface area contributed by atoms with Gasteiger partial charge in [0, 0.05) is 11.6 Å². The maximum Gasteiger partial charge on any atom is 0.342 e. The summed E-state index contributed by atoms with van der Waals surface area (Å²) < 4.78 is 28.7. The molecule has 0 spiro atoms. The number of carbonyl (C=O) groups is 1. The van der Waals surface area contributed by atoms with E-state index in [4.69, 9.17) is 13.9 Å². The Balaban J connectivity index is 1.73. The molecular formula is C18H15FN2O5. The number of aromatic nitrogens is 2. The third-order valence-corrected chi connectivity index (χ3v) is 3.59. The number of hydrogen-bond acceptors (Lipinski definition) is 7. The van der Waals surface area contributed by atoms with Gasteiger partial charge in [0.15, 0.2) is 6.10 Å². The van der Waals surface area contributed by atoms with Crippen LogP contribution in [-0.4, -0.2) is 28.4 Å². The standard InChI is InChI=1S/C18H15FN2O5/c1-10(25-18(23)14-8-7-13(24-2)9-15(14)22)16-20-21-17(26-16)11-3-5-12(19)6-4-11/h3-10,22H,1-2H3/t10-/m0/s1. The summed E-state index contributed by atoms with van der Waals surface area (Å²) >= 11 is 0. The van der Waals surface area contributed by atoms with Crippen molar-refractivity contribution >= 4 is 5.97 Å². The van der Waals surface area contributed by atoms with Crippen LogP contribution in [0.2, 0.25) is 0 Å². The van der Waals surface area contributed by atoms with Crippen LogP contribution in [0.4, 0.5) is 4.39 Å². The van der Waals surface area contributed by atoms with E-state index >= 15 is 0 Å². The predicted octanol–water partition coefficient (Wildman–Crippen LogP) is 3.51. The number of ether oxygens (including phenoxy) is 2. The number of aromatic hydroxyl groups is 1. The van der Waals surface area contributed by atoms with Crippen LogP contribution >= 0.6 is 0 Å². The van der Waals surface area contributed by atoms with Crippen LogP contribution in [-0.2, 0) is 4.74 Å². The maximum atomic E-state index is 13.0. The van der Waals surface area contributed by atoms with Crippen LogP contribution in [0.3, 0.4) is 0 Å². The first-order valence-corrected chi connectivity index (χ1v) is 7.65. The minimum atomic E-state index is -0.842. The van der Waals surface area contributed by atoms with Gasteiger partial charge in [-0.1, -0.05) is 0 Å². The van der Waals surface area contributed by atoms with Gasteiger partial charge in [0.25, 0.3) is 5.89 Å². The molecule has 8 heteroatoms. The molecule has 0 saturated heterocycles. The molecule has 1 N–H and O–H groups in total. The number of rotatable bonds is 5. The molecule has 0 fully saturated rings. The van der Waals surface area contributed by atoms with E-state index in [0.717, 1.165) is 0 Å². The van der Waals surface area contributed by atoms with Crippen LogP contribution in [0, 0.1) is 5.82 Å². The van der Waals surface area contributed by atoms with Crippen molar-refractivity contribution in [3.8, 4) is 23.0 Å². The lowest BCUT2D eigenvalue weighted by atomic mass is 10.2. The summed E-state index contributed by atoms with van der Waals surface area (Å²) in [5.41, 5.74) is 0.521. The smallest absolute Gasteiger partial charge is 0.342 e. The zero-order chi connectivity index (χ0) is 18.7. The number of phenols is 1. The molecule has 0 radical (unpaired) electrons. The highest BCUT2D eigenvalue weighted by molar-refractivity contribution is 5.92. The summed E-state index contributed by atoms with van der Waals surface area (Å²) in [6.07, 6.45) is -0.842. The Hall–Kier alpha value is -3.42. The summed E-state index contributed by atoms with van der Waals surface area (Å²) in [7, 11) is 1.45. The van der Waals surface area contributed by atoms with Gasteiger partial charge < -0.3 is 19.0 Å². The largest absolute Gasteiger partial charge is 0.507 e. The number of halogens is 1. The monoisotopic (exact) mass is 358 g/mol. The maximum absolute atomic E-state index is 13.0. The normalized spacial score (nSPS) is 11.8. The fourth-order valence-corrected chi connectivity index (χ4v) is 2.19. The summed E-state index contributed by atoms with van der Waals surface area (Å²) in [6.45, 7) is 1.56. The van der Waals surface area contributed by atoms with E-state index in [1.54, 1.807) is 6.92 Å². The second kappa shape index (κ2) is 7.22. The molecule has 1 heterocycles. The van der Waals surface area contributed by atoms with Crippen LogP contribution in [0.25, 0.3) is 11.5 Å². The van der Waals surface area contributed by atoms with E-state index < -0.39 is 12.1 Å². The fourth-order valence-electron chi connectivity index (χ4n) is 2.19. The zero-order valence-corrected chi connectivity index (χ0v) is 14.0. The SMILES string of the molecule is COc1ccc(C(=O)O[C@@H](C)c2nnc(-c3ccc(F)cc3)o2)c(O)c1. The van der Waals surface area contributed by atoms with Crippen molar-refractivity contribution in [3.63, 3.8) is 0 Å². The summed E-state index contributed by atoms with van der Waals surface area (Å²) in [4.78, 5) is 12.2. The summed E-state index contributed by atoms with van der Waals surface area (Å²) in [5.74, 6) is -0.734. The van der Waals surface area contributed by atoms with E-state index in [9.17, 15) is 14.3 Å². The van der Waals surface area contributed by atoms with E-state index in [-0.39, 0.29) is 28.9 Å². The Morgan fingerprint density at radius 2 is 1.92 bits per heavy atom. The molecule has 2 aromatic carbocycles. The van der Waals surface area contributed by atoms with Gasteiger partial charge in [-0.25, -0.2) is 9.18 Å². The molecule has 7 nitrogen and oxygen atoms in total. The summed E-state index contributed by atoms with van der Waals surface area (Å²) in [5, 5.41) is 17.6. The summed E-state index contributed by atoms with van der Waals surface area (Å²) in [6, 6.07) is 9.77. The van der Waals surface area contributed by atoms with Crippen LogP contribution in [0.15, 0.2) is 46.9 Å². The van der Waals surface area contributed by atoms with Crippen molar-refractivity contribution < 1.29 is 28.2 Å². The van der Waals surface area contributed by atoms with E-state index in [2.05, 4.69) is 10.2 Å². The number of esters is 1. The third-order valence-electron chi connectivity index (χ3n) is 3.59. The molecule has 3 rings (SSSR count). The molecule has 0 aliphatic heterocycles. The van der Waals surface area contributed by atoms with Crippen molar-refractivity contribution in [1.29, 1.82) is 0 Å². The quantitative estimate of drug-likeness (QED) is 0.697. The van der Waals surface area contributed by atoms with Crippen molar-refractivity contribution in [2.45, 2.75) is 13.0 Å². The predicted molar refractivity (Wildman–Crippen MR) is 88.2 cm³/mol. The fraction of sp³-hybridized carbons (Fsp3) is 0.167. The molecule has 26 heavy (non-hydrogen) atoms. The zero-order valence-electron chi connectivity index (χ0n) is 14.0. The highest BCUT2D eigenvalue weighted by Crippen LogP contribution is 2.27. The van der Waals surface area contributed by atoms with Gasteiger partial charge in [-0.05, 0) is 43.3 Å². The van der Waals surface area contributed by atoms with Crippen molar-refractivity contribution in [1.82, 2.24) is 10.2 Å². The van der Waals surface area contributed by atoms with E-state index in [1.165, 1.54) is 49.6 Å². The number of methoxy groups -OCH3 is 1. The molecular weight excluding hydrogens is 343 g/mol. The molecule has 0 bridgehead atoms. The second-order valence-electron chi connectivity index (χ2n) is 5.38. The number of benzene rings is 2. The Kier molecular flexibility index (Phi) is 4.83. The first kappa shape index (κ1) is 17.4. The van der Waals surface area contributed by atoms with Gasteiger partial charge in [-0.2, -0.15) is 0 Å². The number of nitrogens with zero attached hydrogens (tertiary/aromatic N) is 2. The van der Waals surface area contributed by atoms with Crippen LogP contribution in [0.5, 0.6) is 11.5 Å².